The normalized spacial score (nSPS) is 16.8. The maximum atomic E-state index is 12.6. The number of nitrogens with one attached hydrogen (secondary N) is 3. The number of rotatable bonds is 70. The van der Waals surface area contributed by atoms with Crippen LogP contribution in [0.5, 0.6) is 0 Å². The van der Waals surface area contributed by atoms with Gasteiger partial charge in [0.15, 0.2) is 0 Å². The second kappa shape index (κ2) is 56.2. The number of ether oxygens (including phenoxy) is 13. The summed E-state index contributed by atoms with van der Waals surface area (Å²) in [4.78, 5) is 67.6. The minimum Gasteiger partial charge on any atom is -0.394 e. The van der Waals surface area contributed by atoms with Crippen LogP contribution in [-0.2, 0) is 139 Å². The van der Waals surface area contributed by atoms with Gasteiger partial charge in [-0.15, -0.1) is 0 Å². The maximum Gasteiger partial charge on any atom is 0.472 e. The van der Waals surface area contributed by atoms with E-state index in [4.69, 9.17) is 112 Å². The molecule has 0 amide bonds. The fourth-order valence-corrected chi connectivity index (χ4v) is 9.82. The van der Waals surface area contributed by atoms with E-state index in [2.05, 4.69) is 25.0 Å². The van der Waals surface area contributed by atoms with Crippen molar-refractivity contribution in [3.63, 3.8) is 0 Å². The molecule has 0 spiro atoms. The first-order valence-electron chi connectivity index (χ1n) is 26.9. The molecule has 0 saturated heterocycles. The molecule has 0 rings (SSSR count). The zero-order valence-electron chi connectivity index (χ0n) is 49.5. The summed E-state index contributed by atoms with van der Waals surface area (Å²) < 4.78 is 194. The van der Waals surface area contributed by atoms with Gasteiger partial charge in [-0.25, -0.2) is 27.4 Å². The van der Waals surface area contributed by atoms with Crippen molar-refractivity contribution in [2.75, 3.05) is 253 Å². The molecule has 0 aliphatic heterocycles. The van der Waals surface area contributed by atoms with Crippen molar-refractivity contribution in [1.29, 1.82) is 0 Å². The lowest BCUT2D eigenvalue weighted by Gasteiger charge is -2.22. The molecule has 47 heteroatoms. The molecule has 11 N–H and O–H groups in total. The highest BCUT2D eigenvalue weighted by molar-refractivity contribution is 7.48. The number of aliphatic hydroxyl groups is 1. The molecule has 0 bridgehead atoms. The average molecular weight is 1420 g/mol. The van der Waals surface area contributed by atoms with E-state index < -0.39 is 105 Å². The van der Waals surface area contributed by atoms with Gasteiger partial charge in [0.25, 0.3) is 0 Å². The molecule has 0 heterocycles. The van der Waals surface area contributed by atoms with E-state index >= 15 is 0 Å². The first-order valence-corrected chi connectivity index (χ1v) is 35.9. The Morgan fingerprint density at radius 1 is 0.261 bits per heavy atom. The summed E-state index contributed by atoms with van der Waals surface area (Å²) in [5, 5.41) is 17.3. The smallest absolute Gasteiger partial charge is 0.394 e. The topological polar surface area (TPSA) is 522 Å². The lowest BCUT2D eigenvalue weighted by molar-refractivity contribution is -0.0203. The standard InChI is InChI=1S/C41H93N3O38P6/c1-42-36-69-31-39(30-45)81-87(55,56)77-29-28-75-86(53,54)79-35-41(33-71-38-44-3)82-88(57,58)76-27-23-68-19-15-64-11-7-60-5-9-62-13-17-66-21-25-73-84(49,50)72-24-20-65-16-12-61-8-4-59-6-10-63-14-18-67-22-26-74-85(51,52)78-34-40(32-70-37-43-2)80-83(46,47)48/h39-45H,4-38H2,1-3H3,(H,49,50)(H,51,52)(H,53,54)(H,55,56)(H,57,58)(H2,46,47,48). The SMILES string of the molecule is CNCOCC(COP(=O)(O)OCCOCCOCCOCCOCCOCCOP(=O)(O)OCCOCCOCCOCCOCCOCCOP(=O)(O)OC(COCNC)COP(=O)(O)OCCOP(=O)(O)OC(CO)COCNC)OP(=O)(O)O. The van der Waals surface area contributed by atoms with Crippen molar-refractivity contribution in [3.05, 3.63) is 0 Å². The summed E-state index contributed by atoms with van der Waals surface area (Å²) in [7, 11) is -23.5. The van der Waals surface area contributed by atoms with Gasteiger partial charge in [0, 0.05) is 0 Å². The van der Waals surface area contributed by atoms with Crippen LogP contribution in [0.1, 0.15) is 0 Å². The molecule has 0 aliphatic rings. The number of phosphoric acid groups is 6. The predicted octanol–water partition coefficient (Wildman–Crippen LogP) is -1.39. The molecular formula is C41H93N3O38P6. The highest BCUT2D eigenvalue weighted by Crippen LogP contribution is 2.49. The van der Waals surface area contributed by atoms with Gasteiger partial charge in [-0.05, 0) is 21.1 Å². The first-order chi connectivity index (χ1) is 41.9. The summed E-state index contributed by atoms with van der Waals surface area (Å²) in [6.07, 6.45) is -3.97. The second-order valence-electron chi connectivity index (χ2n) is 16.5. The van der Waals surface area contributed by atoms with Crippen LogP contribution in [0.15, 0.2) is 0 Å². The zero-order valence-corrected chi connectivity index (χ0v) is 54.9. The van der Waals surface area contributed by atoms with E-state index in [9.17, 15) is 57.0 Å². The third-order valence-electron chi connectivity index (χ3n) is 9.05. The van der Waals surface area contributed by atoms with Crippen LogP contribution in [0.2, 0.25) is 0 Å². The Kier molecular flexibility index (Phi) is 56.2. The van der Waals surface area contributed by atoms with Crippen molar-refractivity contribution in [2.24, 2.45) is 0 Å². The van der Waals surface area contributed by atoms with Crippen LogP contribution < -0.4 is 16.0 Å². The van der Waals surface area contributed by atoms with E-state index in [1.165, 1.54) is 0 Å². The van der Waals surface area contributed by atoms with Crippen molar-refractivity contribution >= 4 is 46.9 Å². The summed E-state index contributed by atoms with van der Waals surface area (Å²) in [5.41, 5.74) is 0. The molecule has 0 aliphatic carbocycles. The minimum atomic E-state index is -4.92. The van der Waals surface area contributed by atoms with Gasteiger partial charge in [-0.1, -0.05) is 0 Å². The zero-order chi connectivity index (χ0) is 65.6. The average Bonchev–Trinajstić information content (AvgIpc) is 3.68. The summed E-state index contributed by atoms with van der Waals surface area (Å²) in [6, 6.07) is 0. The van der Waals surface area contributed by atoms with Gasteiger partial charge in [-0.3, -0.25) is 65.7 Å². The Morgan fingerprint density at radius 2 is 0.466 bits per heavy atom. The lowest BCUT2D eigenvalue weighted by atomic mass is 10.4. The molecular weight excluding hydrogens is 1330 g/mol. The Balaban J connectivity index is 3.81. The Bertz CT molecular complexity index is 1930. The van der Waals surface area contributed by atoms with Gasteiger partial charge in [0.2, 0.25) is 0 Å². The lowest BCUT2D eigenvalue weighted by Crippen LogP contribution is -2.27. The largest absolute Gasteiger partial charge is 0.472 e. The van der Waals surface area contributed by atoms with Crippen molar-refractivity contribution < 1.29 is 178 Å². The fourth-order valence-electron chi connectivity index (χ4n) is 5.42. The quantitative estimate of drug-likeness (QED) is 0.0190. The van der Waals surface area contributed by atoms with Gasteiger partial charge in [0.05, 0.1) is 232 Å². The van der Waals surface area contributed by atoms with Crippen LogP contribution in [0.25, 0.3) is 0 Å². The fraction of sp³-hybridized carbons (Fsp3) is 1.00. The van der Waals surface area contributed by atoms with E-state index in [-0.39, 0.29) is 192 Å². The number of hydrogen-bond donors (Lipinski definition) is 11. The van der Waals surface area contributed by atoms with Crippen molar-refractivity contribution in [3.8, 4) is 0 Å². The summed E-state index contributed by atoms with van der Waals surface area (Å²) in [6.45, 7) is -2.31. The third kappa shape index (κ3) is 60.9. The van der Waals surface area contributed by atoms with Crippen molar-refractivity contribution in [1.82, 2.24) is 16.0 Å². The van der Waals surface area contributed by atoms with E-state index in [0.29, 0.717) is 0 Å². The van der Waals surface area contributed by atoms with Gasteiger partial charge < -0.3 is 101 Å². The van der Waals surface area contributed by atoms with Gasteiger partial charge >= 0.3 is 46.9 Å². The maximum absolute atomic E-state index is 12.6. The molecule has 0 saturated carbocycles. The highest BCUT2D eigenvalue weighted by atomic mass is 31.2. The molecule has 8 unspecified atom stereocenters. The summed E-state index contributed by atoms with van der Waals surface area (Å²) >= 11 is 0. The first kappa shape index (κ1) is 88.0. The Morgan fingerprint density at radius 3 is 0.716 bits per heavy atom. The molecule has 8 atom stereocenters. The van der Waals surface area contributed by atoms with Crippen molar-refractivity contribution in [2.45, 2.75) is 18.3 Å². The predicted molar refractivity (Wildman–Crippen MR) is 298 cm³/mol. The van der Waals surface area contributed by atoms with Crippen LogP contribution in [0.4, 0.5) is 0 Å². The Labute approximate surface area is 510 Å². The third-order valence-corrected chi connectivity index (χ3v) is 14.8. The molecule has 0 fully saturated rings. The molecule has 0 aromatic rings. The van der Waals surface area contributed by atoms with E-state index in [1.807, 2.05) is 0 Å². The molecule has 530 valence electrons. The molecule has 0 aromatic heterocycles. The minimum absolute atomic E-state index is 0.00148. The van der Waals surface area contributed by atoms with E-state index in [0.717, 1.165) is 0 Å². The highest BCUT2D eigenvalue weighted by Gasteiger charge is 2.32. The monoisotopic (exact) mass is 1420 g/mol. The van der Waals surface area contributed by atoms with Gasteiger partial charge in [0.1, 0.15) is 18.3 Å². The van der Waals surface area contributed by atoms with Gasteiger partial charge in [-0.2, -0.15) is 0 Å². The van der Waals surface area contributed by atoms with Crippen LogP contribution in [-0.4, -0.2) is 310 Å². The number of phosphoric ester groups is 6. The summed E-state index contributed by atoms with van der Waals surface area (Å²) in [5.74, 6) is 0. The second-order valence-corrected chi connectivity index (χ2v) is 24.9. The van der Waals surface area contributed by atoms with Crippen LogP contribution >= 0.6 is 46.9 Å². The van der Waals surface area contributed by atoms with Crippen LogP contribution in [0.3, 0.4) is 0 Å². The number of aliphatic hydroxyl groups excluding tert-OH is 1. The van der Waals surface area contributed by atoms with Crippen LogP contribution in [0, 0.1) is 0 Å². The number of hydrogen-bond acceptors (Lipinski definition) is 34. The Hall–Kier alpha value is -0.0200. The molecule has 88 heavy (non-hydrogen) atoms. The molecule has 0 radical (unpaired) electrons. The van der Waals surface area contributed by atoms with E-state index in [1.54, 1.807) is 21.1 Å². The molecule has 41 nitrogen and oxygen atoms in total. The molecule has 0 aromatic carbocycles.